The molecule has 1 heterocycles. The third-order valence-electron chi connectivity index (χ3n) is 3.41. The van der Waals surface area contributed by atoms with E-state index in [0.717, 1.165) is 5.69 Å². The molecule has 0 saturated carbocycles. The summed E-state index contributed by atoms with van der Waals surface area (Å²) in [4.78, 5) is 1.72. The third-order valence-corrected chi connectivity index (χ3v) is 5.53. The molecule has 0 bridgehead atoms. The van der Waals surface area contributed by atoms with Gasteiger partial charge in [0.1, 0.15) is 0 Å². The van der Waals surface area contributed by atoms with Crippen LogP contribution in [0.1, 0.15) is 6.92 Å². The molecular weight excluding hydrogens is 368 g/mol. The Morgan fingerprint density at radius 1 is 1.38 bits per heavy atom. The van der Waals surface area contributed by atoms with Gasteiger partial charge < -0.3 is 9.64 Å². The van der Waals surface area contributed by atoms with Crippen molar-refractivity contribution < 1.29 is 21.9 Å². The van der Waals surface area contributed by atoms with E-state index in [4.69, 9.17) is 4.74 Å². The highest BCUT2D eigenvalue weighted by Gasteiger charge is 2.28. The SMILES string of the molecule is CC1COC(CBr)CN1c1ccc(S(=O)(=O)C(F)F)cc1. The second-order valence-corrected chi connectivity index (χ2v) is 7.48. The van der Waals surface area contributed by atoms with Gasteiger partial charge in [0.15, 0.2) is 0 Å². The summed E-state index contributed by atoms with van der Waals surface area (Å²) >= 11 is 3.37. The van der Waals surface area contributed by atoms with E-state index in [1.807, 2.05) is 6.92 Å². The minimum absolute atomic E-state index is 0.0469. The van der Waals surface area contributed by atoms with E-state index < -0.39 is 15.6 Å². The first kappa shape index (κ1) is 16.6. The summed E-state index contributed by atoms with van der Waals surface area (Å²) in [6, 6.07) is 5.70. The first-order valence-electron chi connectivity index (χ1n) is 6.42. The number of rotatable bonds is 4. The van der Waals surface area contributed by atoms with Crippen LogP contribution >= 0.6 is 15.9 Å². The zero-order valence-corrected chi connectivity index (χ0v) is 13.8. The Bertz CT molecular complexity index is 580. The van der Waals surface area contributed by atoms with Crippen molar-refractivity contribution >= 4 is 31.5 Å². The molecule has 1 aromatic rings. The van der Waals surface area contributed by atoms with Crippen molar-refractivity contribution in [1.82, 2.24) is 0 Å². The zero-order valence-electron chi connectivity index (χ0n) is 11.4. The Balaban J connectivity index is 2.22. The van der Waals surface area contributed by atoms with E-state index in [9.17, 15) is 17.2 Å². The highest BCUT2D eigenvalue weighted by Crippen LogP contribution is 2.25. The number of sulfone groups is 1. The van der Waals surface area contributed by atoms with Crippen molar-refractivity contribution in [2.24, 2.45) is 0 Å². The molecule has 118 valence electrons. The van der Waals surface area contributed by atoms with E-state index in [0.29, 0.717) is 18.5 Å². The topological polar surface area (TPSA) is 46.6 Å². The van der Waals surface area contributed by atoms with Crippen LogP contribution in [0.5, 0.6) is 0 Å². The highest BCUT2D eigenvalue weighted by molar-refractivity contribution is 9.09. The number of anilines is 1. The minimum atomic E-state index is -4.54. The quantitative estimate of drug-likeness (QED) is 0.749. The Morgan fingerprint density at radius 3 is 2.52 bits per heavy atom. The van der Waals surface area contributed by atoms with Crippen LogP contribution in [0.4, 0.5) is 14.5 Å². The standard InChI is InChI=1S/C13H16BrF2NO3S/c1-9-8-20-11(6-14)7-17(9)10-2-4-12(5-3-10)21(18,19)13(15)16/h2-5,9,11,13H,6-8H2,1H3. The molecule has 1 aliphatic rings. The average molecular weight is 384 g/mol. The Hall–Kier alpha value is -0.730. The maximum atomic E-state index is 12.5. The molecule has 0 amide bonds. The number of morpholine rings is 1. The Labute approximate surface area is 131 Å². The molecule has 1 aromatic carbocycles. The molecule has 2 unspecified atom stereocenters. The summed E-state index contributed by atoms with van der Waals surface area (Å²) in [5.41, 5.74) is 0.796. The fourth-order valence-corrected chi connectivity index (χ4v) is 3.31. The van der Waals surface area contributed by atoms with Crippen molar-refractivity contribution in [3.8, 4) is 0 Å². The van der Waals surface area contributed by atoms with E-state index in [2.05, 4.69) is 20.8 Å². The number of alkyl halides is 3. The highest BCUT2D eigenvalue weighted by atomic mass is 79.9. The lowest BCUT2D eigenvalue weighted by Gasteiger charge is -2.39. The van der Waals surface area contributed by atoms with Gasteiger partial charge in [-0.3, -0.25) is 0 Å². The molecule has 1 aliphatic heterocycles. The second-order valence-electron chi connectivity index (χ2n) is 4.91. The van der Waals surface area contributed by atoms with Crippen LogP contribution in [0.2, 0.25) is 0 Å². The van der Waals surface area contributed by atoms with Gasteiger partial charge >= 0.3 is 5.76 Å². The molecule has 2 rings (SSSR count). The predicted octanol–water partition coefficient (Wildman–Crippen LogP) is 2.67. The number of hydrogen-bond acceptors (Lipinski definition) is 4. The molecule has 0 aromatic heterocycles. The van der Waals surface area contributed by atoms with Gasteiger partial charge in [0, 0.05) is 23.6 Å². The van der Waals surface area contributed by atoms with Gasteiger partial charge in [-0.05, 0) is 31.2 Å². The fraction of sp³-hybridized carbons (Fsp3) is 0.538. The van der Waals surface area contributed by atoms with E-state index >= 15 is 0 Å². The number of benzene rings is 1. The van der Waals surface area contributed by atoms with Gasteiger partial charge in [-0.2, -0.15) is 8.78 Å². The first-order valence-corrected chi connectivity index (χ1v) is 9.09. The molecule has 2 atom stereocenters. The van der Waals surface area contributed by atoms with E-state index in [1.165, 1.54) is 12.1 Å². The van der Waals surface area contributed by atoms with Crippen LogP contribution in [0.15, 0.2) is 29.2 Å². The molecule has 0 aliphatic carbocycles. The van der Waals surface area contributed by atoms with Gasteiger partial charge in [-0.1, -0.05) is 15.9 Å². The van der Waals surface area contributed by atoms with Gasteiger partial charge in [0.2, 0.25) is 9.84 Å². The van der Waals surface area contributed by atoms with Crippen LogP contribution in [0.3, 0.4) is 0 Å². The molecular formula is C13H16BrF2NO3S. The summed E-state index contributed by atoms with van der Waals surface area (Å²) in [5.74, 6) is -3.40. The number of ether oxygens (including phenoxy) is 1. The van der Waals surface area contributed by atoms with Gasteiger partial charge in [0.25, 0.3) is 0 Å². The minimum Gasteiger partial charge on any atom is -0.373 e. The average Bonchev–Trinajstić information content (AvgIpc) is 2.48. The molecule has 1 saturated heterocycles. The lowest BCUT2D eigenvalue weighted by Crippen LogP contribution is -2.49. The monoisotopic (exact) mass is 383 g/mol. The summed E-state index contributed by atoms with van der Waals surface area (Å²) in [6.07, 6.45) is 0.0469. The van der Waals surface area contributed by atoms with Crippen molar-refractivity contribution in [1.29, 1.82) is 0 Å². The van der Waals surface area contributed by atoms with Crippen molar-refractivity contribution in [2.75, 3.05) is 23.4 Å². The number of nitrogens with zero attached hydrogens (tertiary/aromatic N) is 1. The van der Waals surface area contributed by atoms with Crippen LogP contribution in [-0.2, 0) is 14.6 Å². The van der Waals surface area contributed by atoms with E-state index in [-0.39, 0.29) is 17.0 Å². The van der Waals surface area contributed by atoms with Gasteiger partial charge in [0.05, 0.1) is 17.6 Å². The smallest absolute Gasteiger partial charge is 0.341 e. The number of halogens is 3. The molecule has 8 heteroatoms. The Kier molecular flexibility index (Phi) is 5.21. The summed E-state index contributed by atoms with van der Waals surface area (Å²) < 4.78 is 53.4. The van der Waals surface area contributed by atoms with Crippen molar-refractivity contribution in [3.63, 3.8) is 0 Å². The molecule has 0 spiro atoms. The largest absolute Gasteiger partial charge is 0.373 e. The molecule has 1 fully saturated rings. The predicted molar refractivity (Wildman–Crippen MR) is 80.0 cm³/mol. The normalized spacial score (nSPS) is 23.6. The zero-order chi connectivity index (χ0) is 15.6. The summed E-state index contributed by atoms with van der Waals surface area (Å²) in [5, 5.41) is 0.702. The van der Waals surface area contributed by atoms with Crippen LogP contribution in [-0.4, -0.2) is 44.8 Å². The lowest BCUT2D eigenvalue weighted by atomic mass is 10.1. The maximum absolute atomic E-state index is 12.5. The lowest BCUT2D eigenvalue weighted by molar-refractivity contribution is 0.0380. The van der Waals surface area contributed by atoms with Gasteiger partial charge in [-0.25, -0.2) is 8.42 Å². The molecule has 0 N–H and O–H groups in total. The van der Waals surface area contributed by atoms with Crippen LogP contribution in [0.25, 0.3) is 0 Å². The van der Waals surface area contributed by atoms with Crippen LogP contribution < -0.4 is 4.90 Å². The third kappa shape index (κ3) is 3.54. The molecule has 4 nitrogen and oxygen atoms in total. The summed E-state index contributed by atoms with van der Waals surface area (Å²) in [6.45, 7) is 3.22. The fourth-order valence-electron chi connectivity index (χ4n) is 2.20. The maximum Gasteiger partial charge on any atom is 0.341 e. The second kappa shape index (κ2) is 6.58. The van der Waals surface area contributed by atoms with Crippen molar-refractivity contribution in [3.05, 3.63) is 24.3 Å². The van der Waals surface area contributed by atoms with Gasteiger partial charge in [-0.15, -0.1) is 0 Å². The number of hydrogen-bond donors (Lipinski definition) is 0. The molecule has 21 heavy (non-hydrogen) atoms. The summed E-state index contributed by atoms with van der Waals surface area (Å²) in [7, 11) is -4.54. The Morgan fingerprint density at radius 2 is 2.00 bits per heavy atom. The van der Waals surface area contributed by atoms with Crippen molar-refractivity contribution in [2.45, 2.75) is 29.7 Å². The van der Waals surface area contributed by atoms with Crippen LogP contribution in [0, 0.1) is 0 Å². The first-order chi connectivity index (χ1) is 9.86. The molecule has 0 radical (unpaired) electrons. The van der Waals surface area contributed by atoms with E-state index in [1.54, 1.807) is 12.1 Å².